The zero-order valence-corrected chi connectivity index (χ0v) is 21.4. The van der Waals surface area contributed by atoms with Crippen LogP contribution in [0.1, 0.15) is 52.8 Å². The lowest BCUT2D eigenvalue weighted by Gasteiger charge is -2.42. The van der Waals surface area contributed by atoms with Crippen molar-refractivity contribution < 1.29 is 13.7 Å². The van der Waals surface area contributed by atoms with E-state index >= 15 is 0 Å². The highest BCUT2D eigenvalue weighted by Gasteiger charge is 2.48. The van der Waals surface area contributed by atoms with E-state index in [1.807, 2.05) is 26.8 Å². The van der Waals surface area contributed by atoms with Crippen LogP contribution in [0.3, 0.4) is 0 Å². The van der Waals surface area contributed by atoms with Crippen LogP contribution in [0, 0.1) is 0 Å². The molecule has 1 aliphatic heterocycles. The predicted octanol–water partition coefficient (Wildman–Crippen LogP) is 5.03. The summed E-state index contributed by atoms with van der Waals surface area (Å²) in [7, 11) is -1.78. The lowest BCUT2D eigenvalue weighted by atomic mass is 9.93. The minimum atomic E-state index is -1.78. The van der Waals surface area contributed by atoms with Crippen molar-refractivity contribution in [3.63, 3.8) is 0 Å². The minimum absolute atomic E-state index is 0.194. The van der Waals surface area contributed by atoms with Crippen molar-refractivity contribution in [3.05, 3.63) is 41.6 Å². The Labute approximate surface area is 185 Å². The molecule has 0 spiro atoms. The van der Waals surface area contributed by atoms with Gasteiger partial charge in [-0.05, 0) is 62.7 Å². The molecule has 1 aromatic carbocycles. The normalized spacial score (nSPS) is 18.3. The van der Waals surface area contributed by atoms with Crippen LogP contribution in [0.2, 0.25) is 18.1 Å². The van der Waals surface area contributed by atoms with Crippen LogP contribution in [-0.4, -0.2) is 35.8 Å². The number of nitrogens with one attached hydrogen (secondary N) is 1. The molecule has 0 aliphatic carbocycles. The van der Waals surface area contributed by atoms with Crippen LogP contribution in [0.15, 0.2) is 30.3 Å². The Kier molecular flexibility index (Phi) is 6.47. The highest BCUT2D eigenvalue weighted by Crippen LogP contribution is 2.37. The van der Waals surface area contributed by atoms with E-state index in [2.05, 4.69) is 62.9 Å². The van der Waals surface area contributed by atoms with Gasteiger partial charge in [0.25, 0.3) is 0 Å². The van der Waals surface area contributed by atoms with Gasteiger partial charge in [-0.2, -0.15) is 0 Å². The molecule has 5 nitrogen and oxygen atoms in total. The molecule has 1 aliphatic rings. The zero-order chi connectivity index (χ0) is 22.4. The first-order valence-corrected chi connectivity index (χ1v) is 14.6. The lowest BCUT2D eigenvalue weighted by molar-refractivity contribution is -0.0686. The van der Waals surface area contributed by atoms with Gasteiger partial charge in [0.1, 0.15) is 4.75 Å². The molecule has 0 radical (unpaired) electrons. The molecule has 1 aromatic heterocycles. The molecule has 7 heteroatoms. The van der Waals surface area contributed by atoms with E-state index in [9.17, 15) is 4.55 Å². The first-order chi connectivity index (χ1) is 13.7. The fourth-order valence-electron chi connectivity index (χ4n) is 2.91. The Balaban J connectivity index is 1.80. The van der Waals surface area contributed by atoms with E-state index in [-0.39, 0.29) is 9.79 Å². The van der Waals surface area contributed by atoms with Crippen molar-refractivity contribution in [2.45, 2.75) is 76.6 Å². The molecular formula is C23H36N2O3SSi. The van der Waals surface area contributed by atoms with Crippen molar-refractivity contribution >= 4 is 30.6 Å². The third-order valence-corrected chi connectivity index (χ3v) is 12.4. The number of hydrogen-bond acceptors (Lipinski definition) is 5. The molecule has 2 aromatic rings. The molecule has 1 N–H and O–H groups in total. The predicted molar refractivity (Wildman–Crippen MR) is 127 cm³/mol. The summed E-state index contributed by atoms with van der Waals surface area (Å²) in [6.07, 6.45) is 0. The maximum Gasteiger partial charge on any atom is 0.192 e. The highest BCUT2D eigenvalue weighted by atomic mass is 32.2. The summed E-state index contributed by atoms with van der Waals surface area (Å²) in [6, 6.07) is 10.4. The first kappa shape index (κ1) is 23.7. The second kappa shape index (κ2) is 8.19. The number of ether oxygens (including phenoxy) is 1. The van der Waals surface area contributed by atoms with Gasteiger partial charge in [-0.15, -0.1) is 4.72 Å². The largest absolute Gasteiger partial charge is 0.598 e. The van der Waals surface area contributed by atoms with Crippen molar-refractivity contribution in [3.8, 4) is 0 Å². The number of pyridine rings is 1. The van der Waals surface area contributed by atoms with E-state index in [1.54, 1.807) is 0 Å². The zero-order valence-electron chi connectivity index (χ0n) is 19.6. The van der Waals surface area contributed by atoms with Crippen molar-refractivity contribution in [2.24, 2.45) is 0 Å². The summed E-state index contributed by atoms with van der Waals surface area (Å²) in [5.74, 6) is 0. The van der Waals surface area contributed by atoms with Crippen LogP contribution in [-0.2, 0) is 32.7 Å². The minimum Gasteiger partial charge on any atom is -0.598 e. The summed E-state index contributed by atoms with van der Waals surface area (Å²) >= 11 is -1.19. The monoisotopic (exact) mass is 448 g/mol. The van der Waals surface area contributed by atoms with Gasteiger partial charge in [0.05, 0.1) is 31.0 Å². The third kappa shape index (κ3) is 4.92. The average Bonchev–Trinajstić information content (AvgIpc) is 2.60. The van der Waals surface area contributed by atoms with E-state index in [1.165, 1.54) is 0 Å². The van der Waals surface area contributed by atoms with E-state index < -0.39 is 25.2 Å². The topological polar surface area (TPSA) is 66.4 Å². The molecule has 3 rings (SSSR count). The van der Waals surface area contributed by atoms with Crippen LogP contribution in [0.25, 0.3) is 10.9 Å². The Morgan fingerprint density at radius 3 is 2.33 bits per heavy atom. The summed E-state index contributed by atoms with van der Waals surface area (Å²) in [5.41, 5.74) is 2.48. The van der Waals surface area contributed by atoms with Gasteiger partial charge in [-0.3, -0.25) is 4.98 Å². The summed E-state index contributed by atoms with van der Waals surface area (Å²) in [4.78, 5) is 4.88. The second-order valence-electron chi connectivity index (χ2n) is 10.8. The van der Waals surface area contributed by atoms with E-state index in [0.29, 0.717) is 19.8 Å². The molecule has 1 atom stereocenters. The van der Waals surface area contributed by atoms with Crippen LogP contribution >= 0.6 is 0 Å². The van der Waals surface area contributed by atoms with Crippen LogP contribution in [0.5, 0.6) is 0 Å². The lowest BCUT2D eigenvalue weighted by Crippen LogP contribution is -2.62. The third-order valence-electron chi connectivity index (χ3n) is 6.19. The Morgan fingerprint density at radius 2 is 1.80 bits per heavy atom. The molecule has 30 heavy (non-hydrogen) atoms. The van der Waals surface area contributed by atoms with Crippen molar-refractivity contribution in [2.75, 3.05) is 13.2 Å². The fourth-order valence-corrected chi connectivity index (χ4v) is 4.75. The van der Waals surface area contributed by atoms with Gasteiger partial charge >= 0.3 is 0 Å². The van der Waals surface area contributed by atoms with Gasteiger partial charge in [-0.25, -0.2) is 0 Å². The molecule has 166 valence electrons. The molecule has 0 bridgehead atoms. The smallest absolute Gasteiger partial charge is 0.192 e. The maximum absolute atomic E-state index is 12.7. The van der Waals surface area contributed by atoms with Gasteiger partial charge in [0.2, 0.25) is 0 Å². The molecule has 1 fully saturated rings. The fraction of sp³-hybridized carbons (Fsp3) is 0.609. The quantitative estimate of drug-likeness (QED) is 0.496. The number of nitrogens with zero attached hydrogens (tertiary/aromatic N) is 1. The average molecular weight is 449 g/mol. The van der Waals surface area contributed by atoms with Crippen LogP contribution < -0.4 is 4.72 Å². The Bertz CT molecular complexity index is 901. The molecule has 0 saturated carbocycles. The Morgan fingerprint density at radius 1 is 1.13 bits per heavy atom. The highest BCUT2D eigenvalue weighted by molar-refractivity contribution is 7.90. The second-order valence-corrected chi connectivity index (χ2v) is 17.6. The van der Waals surface area contributed by atoms with E-state index in [4.69, 9.17) is 14.1 Å². The molecule has 1 saturated heterocycles. The number of rotatable bonds is 6. The molecule has 1 unspecified atom stereocenters. The van der Waals surface area contributed by atoms with Crippen molar-refractivity contribution in [1.82, 2.24) is 9.71 Å². The summed E-state index contributed by atoms with van der Waals surface area (Å²) in [5, 5.41) is 1.28. The number of hydrogen-bond donors (Lipinski definition) is 1. The van der Waals surface area contributed by atoms with Gasteiger partial charge in [0.15, 0.2) is 13.9 Å². The first-order valence-electron chi connectivity index (χ1n) is 10.6. The van der Waals surface area contributed by atoms with E-state index in [0.717, 1.165) is 22.2 Å². The standard InChI is InChI=1S/C23H36N2O3SSi/c1-21(2,3)29(26)25-23(15-27-16-23)20-12-10-18-13-17(9-11-19(18)24-20)14-28-30(7,8)22(4,5)6/h9-13,25H,14-16H2,1-8H3. The van der Waals surface area contributed by atoms with Crippen LogP contribution in [0.4, 0.5) is 0 Å². The number of aromatic nitrogens is 1. The van der Waals surface area contributed by atoms with Gasteiger partial charge in [0, 0.05) is 16.7 Å². The van der Waals surface area contributed by atoms with Gasteiger partial charge in [-0.1, -0.05) is 32.9 Å². The Hall–Kier alpha value is -0.963. The number of fused-ring (bicyclic) bond motifs is 1. The van der Waals surface area contributed by atoms with Gasteiger partial charge < -0.3 is 13.7 Å². The summed E-state index contributed by atoms with van der Waals surface area (Å²) < 4.78 is 27.5. The SMILES string of the molecule is CC(C)(C)[S+]([O-])NC1(c2ccc3cc(CO[Si](C)(C)C(C)(C)C)ccc3n2)COC1. The summed E-state index contributed by atoms with van der Waals surface area (Å²) in [6.45, 7) is 18.8. The molecule has 0 amide bonds. The number of benzene rings is 1. The van der Waals surface area contributed by atoms with Crippen molar-refractivity contribution in [1.29, 1.82) is 0 Å². The molecule has 2 heterocycles. The molecular weight excluding hydrogens is 412 g/mol. The maximum atomic E-state index is 12.7.